The Labute approximate surface area is 175 Å². The number of nitrogens with one attached hydrogen (secondary N) is 1. The summed E-state index contributed by atoms with van der Waals surface area (Å²) in [7, 11) is 2.24. The number of hydrogen-bond donors (Lipinski definition) is 1. The van der Waals surface area contributed by atoms with E-state index in [0.717, 1.165) is 23.9 Å². The molecule has 29 heavy (non-hydrogen) atoms. The normalized spacial score (nSPS) is 20.0. The van der Waals surface area contributed by atoms with E-state index in [1.165, 1.54) is 57.4 Å². The Kier molecular flexibility index (Phi) is 7.14. The largest absolute Gasteiger partial charge is 0.489 e. The molecule has 2 saturated heterocycles. The van der Waals surface area contributed by atoms with E-state index in [4.69, 9.17) is 4.74 Å². The zero-order valence-electron chi connectivity index (χ0n) is 17.6. The molecular weight excluding hydrogens is 360 g/mol. The molecule has 3 heterocycles. The van der Waals surface area contributed by atoms with Crippen LogP contribution in [0.15, 0.2) is 48.8 Å². The van der Waals surface area contributed by atoms with Gasteiger partial charge < -0.3 is 19.9 Å². The highest BCUT2D eigenvalue weighted by molar-refractivity contribution is 5.33. The van der Waals surface area contributed by atoms with E-state index in [0.29, 0.717) is 12.6 Å². The third-order valence-electron chi connectivity index (χ3n) is 6.40. The van der Waals surface area contributed by atoms with Crippen molar-refractivity contribution in [1.82, 2.24) is 20.1 Å². The Morgan fingerprint density at radius 3 is 2.55 bits per heavy atom. The molecule has 0 aliphatic carbocycles. The number of pyridine rings is 1. The minimum Gasteiger partial charge on any atom is -0.489 e. The van der Waals surface area contributed by atoms with Crippen LogP contribution in [0.3, 0.4) is 0 Å². The van der Waals surface area contributed by atoms with Gasteiger partial charge in [-0.1, -0.05) is 24.3 Å². The first-order valence-corrected chi connectivity index (χ1v) is 11.0. The molecule has 1 aromatic carbocycles. The number of hydrogen-bond acceptors (Lipinski definition) is 5. The summed E-state index contributed by atoms with van der Waals surface area (Å²) in [4.78, 5) is 9.35. The monoisotopic (exact) mass is 394 g/mol. The van der Waals surface area contributed by atoms with Crippen molar-refractivity contribution < 1.29 is 4.74 Å². The van der Waals surface area contributed by atoms with Gasteiger partial charge >= 0.3 is 0 Å². The maximum Gasteiger partial charge on any atom is 0.124 e. The van der Waals surface area contributed by atoms with Gasteiger partial charge in [-0.25, -0.2) is 0 Å². The number of ether oxygens (including phenoxy) is 1. The van der Waals surface area contributed by atoms with Crippen molar-refractivity contribution in [3.63, 3.8) is 0 Å². The molecule has 1 aromatic heterocycles. The minimum absolute atomic E-state index is 0.555. The van der Waals surface area contributed by atoms with Crippen molar-refractivity contribution in [3.8, 4) is 5.75 Å². The molecule has 0 bridgehead atoms. The first-order valence-electron chi connectivity index (χ1n) is 11.0. The molecule has 2 aliphatic heterocycles. The van der Waals surface area contributed by atoms with Gasteiger partial charge in [-0.05, 0) is 71.0 Å². The molecule has 2 aromatic rings. The Balaban J connectivity index is 1.24. The van der Waals surface area contributed by atoms with E-state index in [9.17, 15) is 0 Å². The summed E-state index contributed by atoms with van der Waals surface area (Å²) in [6.45, 7) is 6.37. The summed E-state index contributed by atoms with van der Waals surface area (Å²) in [5.74, 6) is 0.965. The molecule has 0 radical (unpaired) electrons. The lowest BCUT2D eigenvalue weighted by atomic mass is 9.98. The molecule has 4 rings (SSSR count). The predicted molar refractivity (Wildman–Crippen MR) is 117 cm³/mol. The second kappa shape index (κ2) is 10.2. The quantitative estimate of drug-likeness (QED) is 0.780. The Hall–Kier alpha value is -1.95. The summed E-state index contributed by atoms with van der Waals surface area (Å²) in [5.41, 5.74) is 2.32. The SMILES string of the molecule is CN1CCC(N2CCC(NCc3ccccc3OCc3cccnc3)CC2)CC1. The maximum absolute atomic E-state index is 6.08. The molecule has 0 spiro atoms. The van der Waals surface area contributed by atoms with Gasteiger partial charge in [-0.2, -0.15) is 0 Å². The second-order valence-corrected chi connectivity index (χ2v) is 8.48. The van der Waals surface area contributed by atoms with Crippen LogP contribution >= 0.6 is 0 Å². The molecule has 0 amide bonds. The molecule has 1 N–H and O–H groups in total. The zero-order valence-corrected chi connectivity index (χ0v) is 17.6. The van der Waals surface area contributed by atoms with Crippen LogP contribution in [-0.4, -0.2) is 60.1 Å². The van der Waals surface area contributed by atoms with Crippen LogP contribution in [0.5, 0.6) is 5.75 Å². The average Bonchev–Trinajstić information content (AvgIpc) is 2.78. The lowest BCUT2D eigenvalue weighted by molar-refractivity contribution is 0.0920. The summed E-state index contributed by atoms with van der Waals surface area (Å²) >= 11 is 0. The van der Waals surface area contributed by atoms with E-state index in [-0.39, 0.29) is 0 Å². The van der Waals surface area contributed by atoms with Crippen LogP contribution in [0.4, 0.5) is 0 Å². The number of aromatic nitrogens is 1. The lowest BCUT2D eigenvalue weighted by Gasteiger charge is -2.41. The average molecular weight is 395 g/mol. The van der Waals surface area contributed by atoms with Gasteiger partial charge in [0.1, 0.15) is 12.4 Å². The molecule has 5 heteroatoms. The summed E-state index contributed by atoms with van der Waals surface area (Å²) in [6, 6.07) is 13.8. The van der Waals surface area contributed by atoms with E-state index < -0.39 is 0 Å². The number of benzene rings is 1. The lowest BCUT2D eigenvalue weighted by Crippen LogP contribution is -2.49. The highest BCUT2D eigenvalue weighted by Gasteiger charge is 2.27. The standard InChI is InChI=1S/C24H34N4O/c1-27-13-10-23(11-14-27)28-15-8-22(9-16-28)26-18-21-6-2-3-7-24(21)29-19-20-5-4-12-25-17-20/h2-7,12,17,22-23,26H,8-11,13-16,18-19H2,1H3. The smallest absolute Gasteiger partial charge is 0.124 e. The van der Waals surface area contributed by atoms with Crippen LogP contribution < -0.4 is 10.1 Å². The number of piperidine rings is 2. The van der Waals surface area contributed by atoms with Gasteiger partial charge in [0.25, 0.3) is 0 Å². The van der Waals surface area contributed by atoms with E-state index in [1.807, 2.05) is 24.4 Å². The highest BCUT2D eigenvalue weighted by atomic mass is 16.5. The first-order chi connectivity index (χ1) is 14.3. The van der Waals surface area contributed by atoms with Crippen molar-refractivity contribution in [3.05, 3.63) is 59.9 Å². The second-order valence-electron chi connectivity index (χ2n) is 8.48. The van der Waals surface area contributed by atoms with Crippen molar-refractivity contribution in [2.45, 2.75) is 50.9 Å². The summed E-state index contributed by atoms with van der Waals surface area (Å²) < 4.78 is 6.08. The van der Waals surface area contributed by atoms with Gasteiger partial charge in [-0.15, -0.1) is 0 Å². The molecule has 2 aliphatic rings. The van der Waals surface area contributed by atoms with E-state index in [1.54, 1.807) is 6.20 Å². The third-order valence-corrected chi connectivity index (χ3v) is 6.40. The van der Waals surface area contributed by atoms with Crippen molar-refractivity contribution in [2.75, 3.05) is 33.2 Å². The van der Waals surface area contributed by atoms with Gasteiger partial charge in [0.2, 0.25) is 0 Å². The fourth-order valence-electron chi connectivity index (χ4n) is 4.52. The van der Waals surface area contributed by atoms with Crippen LogP contribution in [0.1, 0.15) is 36.8 Å². The fourth-order valence-corrected chi connectivity index (χ4v) is 4.52. The molecule has 0 unspecified atom stereocenters. The first kappa shape index (κ1) is 20.3. The van der Waals surface area contributed by atoms with Crippen LogP contribution in [0, 0.1) is 0 Å². The topological polar surface area (TPSA) is 40.6 Å². The Bertz CT molecular complexity index is 738. The van der Waals surface area contributed by atoms with E-state index in [2.05, 4.69) is 45.3 Å². The number of para-hydroxylation sites is 1. The van der Waals surface area contributed by atoms with Gasteiger partial charge in [-0.3, -0.25) is 4.98 Å². The highest BCUT2D eigenvalue weighted by Crippen LogP contribution is 2.22. The van der Waals surface area contributed by atoms with Crippen LogP contribution in [0.2, 0.25) is 0 Å². The zero-order chi connectivity index (χ0) is 19.9. The Morgan fingerprint density at radius 2 is 1.79 bits per heavy atom. The predicted octanol–water partition coefficient (Wildman–Crippen LogP) is 3.31. The van der Waals surface area contributed by atoms with Crippen LogP contribution in [0.25, 0.3) is 0 Å². The summed E-state index contributed by atoms with van der Waals surface area (Å²) in [6.07, 6.45) is 8.79. The number of likely N-dealkylation sites (tertiary alicyclic amines) is 2. The molecule has 0 atom stereocenters. The van der Waals surface area contributed by atoms with E-state index >= 15 is 0 Å². The van der Waals surface area contributed by atoms with Crippen molar-refractivity contribution >= 4 is 0 Å². The molecule has 5 nitrogen and oxygen atoms in total. The van der Waals surface area contributed by atoms with Gasteiger partial charge in [0.05, 0.1) is 0 Å². The molecule has 156 valence electrons. The molecular formula is C24H34N4O. The van der Waals surface area contributed by atoms with Crippen LogP contribution in [-0.2, 0) is 13.2 Å². The molecule has 2 fully saturated rings. The summed E-state index contributed by atoms with van der Waals surface area (Å²) in [5, 5.41) is 3.78. The van der Waals surface area contributed by atoms with Gasteiger partial charge in [0, 0.05) is 42.1 Å². The third kappa shape index (κ3) is 5.78. The maximum atomic E-state index is 6.08. The fraction of sp³-hybridized carbons (Fsp3) is 0.542. The molecule has 0 saturated carbocycles. The van der Waals surface area contributed by atoms with Crippen molar-refractivity contribution in [2.24, 2.45) is 0 Å². The number of nitrogens with zero attached hydrogens (tertiary/aromatic N) is 3. The minimum atomic E-state index is 0.555. The number of rotatable bonds is 7. The van der Waals surface area contributed by atoms with Gasteiger partial charge in [0.15, 0.2) is 0 Å². The van der Waals surface area contributed by atoms with Crippen molar-refractivity contribution in [1.29, 1.82) is 0 Å². The Morgan fingerprint density at radius 1 is 1.00 bits per heavy atom.